The van der Waals surface area contributed by atoms with E-state index in [0.29, 0.717) is 35.6 Å². The third kappa shape index (κ3) is 3.65. The molecule has 0 atom stereocenters. The van der Waals surface area contributed by atoms with Gasteiger partial charge in [-0.2, -0.15) is 5.10 Å². The van der Waals surface area contributed by atoms with Crippen molar-refractivity contribution in [2.24, 2.45) is 0 Å². The number of halogens is 1. The Bertz CT molecular complexity index is 926. The van der Waals surface area contributed by atoms with Gasteiger partial charge in [-0.25, -0.2) is 9.18 Å². The van der Waals surface area contributed by atoms with Crippen molar-refractivity contribution in [3.63, 3.8) is 0 Å². The second-order valence-corrected chi connectivity index (χ2v) is 5.62. The predicted octanol–water partition coefficient (Wildman–Crippen LogP) is 3.14. The van der Waals surface area contributed by atoms with E-state index in [9.17, 15) is 9.18 Å². The monoisotopic (exact) mass is 358 g/mol. The van der Waals surface area contributed by atoms with Gasteiger partial charge in [0.05, 0.1) is 30.1 Å². The molecule has 136 valence electrons. The van der Waals surface area contributed by atoms with Crippen LogP contribution in [0.15, 0.2) is 36.7 Å². The number of ether oxygens (including phenoxy) is 2. The summed E-state index contributed by atoms with van der Waals surface area (Å²) in [4.78, 5) is 16.0. The lowest BCUT2D eigenvalue weighted by molar-refractivity contribution is 0.0602. The van der Waals surface area contributed by atoms with Crippen LogP contribution in [-0.4, -0.2) is 41.6 Å². The van der Waals surface area contributed by atoms with E-state index >= 15 is 0 Å². The van der Waals surface area contributed by atoms with Gasteiger partial charge in [0.2, 0.25) is 0 Å². The molecule has 0 aliphatic heterocycles. The summed E-state index contributed by atoms with van der Waals surface area (Å²) in [5, 5.41) is 8.22. The number of carbonyl (C=O) groups excluding carboxylic acids is 1. The Labute approximate surface area is 149 Å². The highest BCUT2D eigenvalue weighted by molar-refractivity contribution is 5.98. The van der Waals surface area contributed by atoms with E-state index in [1.807, 2.05) is 0 Å². The van der Waals surface area contributed by atoms with E-state index < -0.39 is 5.97 Å². The lowest BCUT2D eigenvalue weighted by atomic mass is 10.2. The van der Waals surface area contributed by atoms with Crippen LogP contribution in [-0.2, 0) is 16.0 Å². The number of hydrogen-bond acceptors (Lipinski definition) is 6. The van der Waals surface area contributed by atoms with Crippen molar-refractivity contribution in [1.82, 2.24) is 14.8 Å². The molecule has 3 rings (SSSR count). The first-order chi connectivity index (χ1) is 12.6. The molecule has 26 heavy (non-hydrogen) atoms. The van der Waals surface area contributed by atoms with Crippen molar-refractivity contribution < 1.29 is 18.7 Å². The van der Waals surface area contributed by atoms with E-state index in [-0.39, 0.29) is 5.82 Å². The fraction of sp³-hybridized carbons (Fsp3) is 0.278. The van der Waals surface area contributed by atoms with E-state index in [4.69, 9.17) is 9.47 Å². The molecule has 2 aromatic heterocycles. The maximum Gasteiger partial charge on any atom is 0.340 e. The Balaban J connectivity index is 2.00. The normalized spacial score (nSPS) is 10.9. The van der Waals surface area contributed by atoms with Gasteiger partial charge in [0.25, 0.3) is 0 Å². The Hall–Kier alpha value is -3.00. The number of nitrogens with zero attached hydrogens (tertiary/aromatic N) is 3. The molecule has 0 aliphatic carbocycles. The molecule has 1 aromatic carbocycles. The van der Waals surface area contributed by atoms with E-state index in [1.165, 1.54) is 31.6 Å². The first-order valence-corrected chi connectivity index (χ1v) is 8.08. The second-order valence-electron chi connectivity index (χ2n) is 5.62. The van der Waals surface area contributed by atoms with Crippen LogP contribution in [0.4, 0.5) is 15.9 Å². The highest BCUT2D eigenvalue weighted by atomic mass is 19.1. The third-order valence-corrected chi connectivity index (χ3v) is 3.91. The average molecular weight is 358 g/mol. The van der Waals surface area contributed by atoms with Crippen molar-refractivity contribution in [3.8, 4) is 0 Å². The number of pyridine rings is 1. The van der Waals surface area contributed by atoms with E-state index in [1.54, 1.807) is 23.9 Å². The number of nitrogens with one attached hydrogen (secondary N) is 1. The number of aromatic nitrogens is 3. The van der Waals surface area contributed by atoms with Crippen molar-refractivity contribution in [2.45, 2.75) is 13.0 Å². The molecule has 0 unspecified atom stereocenters. The van der Waals surface area contributed by atoms with Gasteiger partial charge in [-0.05, 0) is 30.7 Å². The second kappa shape index (κ2) is 7.92. The molecular weight excluding hydrogens is 339 g/mol. The molecule has 0 aliphatic rings. The highest BCUT2D eigenvalue weighted by Crippen LogP contribution is 2.28. The van der Waals surface area contributed by atoms with Crippen molar-refractivity contribution >= 4 is 28.4 Å². The Morgan fingerprint density at radius 1 is 1.31 bits per heavy atom. The number of esters is 1. The maximum atomic E-state index is 13.8. The van der Waals surface area contributed by atoms with Crippen LogP contribution in [0.25, 0.3) is 10.9 Å². The molecule has 0 saturated carbocycles. The van der Waals surface area contributed by atoms with Gasteiger partial charge in [-0.3, -0.25) is 9.67 Å². The van der Waals surface area contributed by atoms with Gasteiger partial charge in [0, 0.05) is 31.8 Å². The van der Waals surface area contributed by atoms with Crippen LogP contribution in [0.1, 0.15) is 16.8 Å². The molecule has 0 fully saturated rings. The quantitative estimate of drug-likeness (QED) is 0.516. The van der Waals surface area contributed by atoms with Gasteiger partial charge >= 0.3 is 5.97 Å². The molecule has 0 radical (unpaired) electrons. The SMILES string of the molecule is COCCCn1nc(Nc2cnccc2C(=O)OC)c2cc(F)ccc21. The smallest absolute Gasteiger partial charge is 0.340 e. The van der Waals surface area contributed by atoms with Crippen LogP contribution >= 0.6 is 0 Å². The molecule has 1 N–H and O–H groups in total. The summed E-state index contributed by atoms with van der Waals surface area (Å²) < 4.78 is 25.4. The number of aryl methyl sites for hydroxylation is 1. The zero-order valence-corrected chi connectivity index (χ0v) is 14.5. The fourth-order valence-electron chi connectivity index (χ4n) is 2.68. The Morgan fingerprint density at radius 3 is 2.92 bits per heavy atom. The van der Waals surface area contributed by atoms with Crippen LogP contribution in [0.5, 0.6) is 0 Å². The minimum atomic E-state index is -0.495. The molecular formula is C18H19FN4O3. The van der Waals surface area contributed by atoms with Gasteiger partial charge in [0.15, 0.2) is 5.82 Å². The maximum absolute atomic E-state index is 13.8. The number of rotatable bonds is 7. The van der Waals surface area contributed by atoms with Gasteiger partial charge in [-0.1, -0.05) is 0 Å². The molecule has 8 heteroatoms. The van der Waals surface area contributed by atoms with Crippen molar-refractivity contribution in [2.75, 3.05) is 26.1 Å². The number of methoxy groups -OCH3 is 2. The van der Waals surface area contributed by atoms with Crippen LogP contribution < -0.4 is 5.32 Å². The average Bonchev–Trinajstić information content (AvgIpc) is 2.98. The number of anilines is 2. The zero-order valence-electron chi connectivity index (χ0n) is 14.5. The van der Waals surface area contributed by atoms with Crippen LogP contribution in [0, 0.1) is 5.82 Å². The van der Waals surface area contributed by atoms with Gasteiger partial charge < -0.3 is 14.8 Å². The summed E-state index contributed by atoms with van der Waals surface area (Å²) in [6.07, 6.45) is 3.77. The number of carbonyl (C=O) groups is 1. The first kappa shape index (κ1) is 17.8. The van der Waals surface area contributed by atoms with Crippen LogP contribution in [0.2, 0.25) is 0 Å². The van der Waals surface area contributed by atoms with Crippen molar-refractivity contribution in [3.05, 3.63) is 48.0 Å². The van der Waals surface area contributed by atoms with Gasteiger partial charge in [0.1, 0.15) is 5.82 Å². The molecule has 0 saturated heterocycles. The molecule has 0 amide bonds. The van der Waals surface area contributed by atoms with E-state index in [0.717, 1.165) is 11.9 Å². The fourth-order valence-corrected chi connectivity index (χ4v) is 2.68. The zero-order chi connectivity index (χ0) is 18.5. The topological polar surface area (TPSA) is 78.3 Å². The molecule has 3 aromatic rings. The number of hydrogen-bond donors (Lipinski definition) is 1. The Morgan fingerprint density at radius 2 is 2.15 bits per heavy atom. The molecule has 7 nitrogen and oxygen atoms in total. The van der Waals surface area contributed by atoms with Crippen molar-refractivity contribution in [1.29, 1.82) is 0 Å². The van der Waals surface area contributed by atoms with Gasteiger partial charge in [-0.15, -0.1) is 0 Å². The minimum Gasteiger partial charge on any atom is -0.465 e. The lowest BCUT2D eigenvalue weighted by Crippen LogP contribution is -2.07. The third-order valence-electron chi connectivity index (χ3n) is 3.91. The summed E-state index contributed by atoms with van der Waals surface area (Å²) in [6.45, 7) is 1.22. The number of fused-ring (bicyclic) bond motifs is 1. The highest BCUT2D eigenvalue weighted by Gasteiger charge is 2.16. The predicted molar refractivity (Wildman–Crippen MR) is 95.0 cm³/mol. The molecule has 0 bridgehead atoms. The molecule has 0 spiro atoms. The standard InChI is InChI=1S/C18H19FN4O3/c1-25-9-3-8-23-16-5-4-12(19)10-14(16)17(22-23)21-15-11-20-7-6-13(15)18(24)26-2/h4-7,10-11H,3,8-9H2,1-2H3,(H,21,22). The van der Waals surface area contributed by atoms with Crippen LogP contribution in [0.3, 0.4) is 0 Å². The summed E-state index contributed by atoms with van der Waals surface area (Å²) in [7, 11) is 2.95. The summed E-state index contributed by atoms with van der Waals surface area (Å²) >= 11 is 0. The largest absolute Gasteiger partial charge is 0.465 e. The first-order valence-electron chi connectivity index (χ1n) is 8.08. The summed E-state index contributed by atoms with van der Waals surface area (Å²) in [5.41, 5.74) is 1.54. The minimum absolute atomic E-state index is 0.320. The van der Waals surface area contributed by atoms with E-state index in [2.05, 4.69) is 15.4 Å². The molecule has 2 heterocycles. The lowest BCUT2D eigenvalue weighted by Gasteiger charge is -2.08. The number of benzene rings is 1. The summed E-state index contributed by atoms with van der Waals surface area (Å²) in [5.74, 6) is -0.420. The summed E-state index contributed by atoms with van der Waals surface area (Å²) in [6, 6.07) is 6.03. The Kier molecular flexibility index (Phi) is 5.43.